The molecule has 1 aromatic rings. The number of carbonyl (C=O) groups excluding carboxylic acids is 1. The van der Waals surface area contributed by atoms with Gasteiger partial charge >= 0.3 is 5.97 Å². The number of benzene rings is 1. The normalized spacial score (nSPS) is 10.9. The number of hydrogen-bond acceptors (Lipinski definition) is 2. The molecular formula is C14H20O2. The van der Waals surface area contributed by atoms with Gasteiger partial charge in [-0.3, -0.25) is 4.79 Å². The van der Waals surface area contributed by atoms with Crippen LogP contribution in [0.25, 0.3) is 0 Å². The van der Waals surface area contributed by atoms with Crippen LogP contribution in [0.15, 0.2) is 18.2 Å². The molecule has 0 atom stereocenters. The summed E-state index contributed by atoms with van der Waals surface area (Å²) in [5.41, 5.74) is 2.40. The van der Waals surface area contributed by atoms with E-state index < -0.39 is 0 Å². The molecule has 16 heavy (non-hydrogen) atoms. The maximum Gasteiger partial charge on any atom is 0.308 e. The molecule has 0 saturated heterocycles. The summed E-state index contributed by atoms with van der Waals surface area (Å²) in [6.45, 7) is 9.98. The summed E-state index contributed by atoms with van der Waals surface area (Å²) in [5.74, 6) is 1.23. The fraction of sp³-hybridized carbons (Fsp3) is 0.500. The lowest BCUT2D eigenvalue weighted by atomic mass is 9.90. The predicted molar refractivity (Wildman–Crippen MR) is 65.9 cm³/mol. The first-order valence-corrected chi connectivity index (χ1v) is 5.74. The largest absolute Gasteiger partial charge is 0.426 e. The Bertz CT molecular complexity index is 378. The molecule has 2 heteroatoms. The SMILES string of the molecule is CC(=O)Oc1cccc(C(C)C)c1C(C)C. The van der Waals surface area contributed by atoms with Gasteiger partial charge in [-0.2, -0.15) is 0 Å². The van der Waals surface area contributed by atoms with Crippen molar-refractivity contribution in [1.82, 2.24) is 0 Å². The summed E-state index contributed by atoms with van der Waals surface area (Å²) >= 11 is 0. The van der Waals surface area contributed by atoms with Crippen LogP contribution < -0.4 is 4.74 Å². The molecule has 0 saturated carbocycles. The maximum atomic E-state index is 11.0. The second kappa shape index (κ2) is 5.15. The lowest BCUT2D eigenvalue weighted by molar-refractivity contribution is -0.131. The number of hydrogen-bond donors (Lipinski definition) is 0. The van der Waals surface area contributed by atoms with E-state index in [4.69, 9.17) is 4.74 Å². The molecule has 1 aromatic carbocycles. The Kier molecular flexibility index (Phi) is 4.11. The minimum Gasteiger partial charge on any atom is -0.426 e. The molecule has 1 rings (SSSR count). The van der Waals surface area contributed by atoms with Crippen molar-refractivity contribution in [2.24, 2.45) is 0 Å². The molecule has 0 aliphatic carbocycles. The number of carbonyl (C=O) groups is 1. The minimum absolute atomic E-state index is 0.261. The predicted octanol–water partition coefficient (Wildman–Crippen LogP) is 3.86. The summed E-state index contributed by atoms with van der Waals surface area (Å²) in [4.78, 5) is 11.0. The van der Waals surface area contributed by atoms with Crippen molar-refractivity contribution < 1.29 is 9.53 Å². The second-order valence-corrected chi connectivity index (χ2v) is 4.66. The average molecular weight is 220 g/mol. The van der Waals surface area contributed by atoms with Gasteiger partial charge in [0.1, 0.15) is 5.75 Å². The number of esters is 1. The van der Waals surface area contributed by atoms with Crippen LogP contribution >= 0.6 is 0 Å². The molecule has 0 fully saturated rings. The van der Waals surface area contributed by atoms with Crippen LogP contribution in [-0.2, 0) is 4.79 Å². The summed E-state index contributed by atoms with van der Waals surface area (Å²) < 4.78 is 5.26. The van der Waals surface area contributed by atoms with Crippen LogP contribution in [0.1, 0.15) is 57.6 Å². The fourth-order valence-corrected chi connectivity index (χ4v) is 1.93. The van der Waals surface area contributed by atoms with E-state index in [1.165, 1.54) is 12.5 Å². The highest BCUT2D eigenvalue weighted by molar-refractivity contribution is 5.70. The van der Waals surface area contributed by atoms with Crippen LogP contribution in [0.4, 0.5) is 0 Å². The first-order valence-electron chi connectivity index (χ1n) is 5.74. The van der Waals surface area contributed by atoms with Crippen molar-refractivity contribution in [1.29, 1.82) is 0 Å². The lowest BCUT2D eigenvalue weighted by Gasteiger charge is -2.19. The zero-order valence-electron chi connectivity index (χ0n) is 10.7. The molecule has 0 unspecified atom stereocenters. The molecule has 0 radical (unpaired) electrons. The van der Waals surface area contributed by atoms with Crippen LogP contribution in [0.3, 0.4) is 0 Å². The van der Waals surface area contributed by atoms with Crippen LogP contribution in [0, 0.1) is 0 Å². The Balaban J connectivity index is 3.26. The third kappa shape index (κ3) is 2.84. The Labute approximate surface area is 97.6 Å². The molecule has 0 spiro atoms. The third-order valence-electron chi connectivity index (χ3n) is 2.55. The van der Waals surface area contributed by atoms with Gasteiger partial charge in [0.05, 0.1) is 0 Å². The van der Waals surface area contributed by atoms with E-state index in [0.717, 1.165) is 5.56 Å². The van der Waals surface area contributed by atoms with Crippen molar-refractivity contribution in [2.45, 2.75) is 46.5 Å². The topological polar surface area (TPSA) is 26.3 Å². The zero-order chi connectivity index (χ0) is 12.3. The van der Waals surface area contributed by atoms with Crippen molar-refractivity contribution in [2.75, 3.05) is 0 Å². The molecule has 0 aromatic heterocycles. The standard InChI is InChI=1S/C14H20O2/c1-9(2)12-7-6-8-13(16-11(5)15)14(12)10(3)4/h6-10H,1-5H3. The molecule has 2 nitrogen and oxygen atoms in total. The molecule has 88 valence electrons. The molecule has 0 N–H and O–H groups in total. The molecule has 0 heterocycles. The minimum atomic E-state index is -0.261. The molecule has 0 aliphatic rings. The molecule has 0 aliphatic heterocycles. The van der Waals surface area contributed by atoms with Gasteiger partial charge in [-0.05, 0) is 23.5 Å². The second-order valence-electron chi connectivity index (χ2n) is 4.66. The average Bonchev–Trinajstić information content (AvgIpc) is 2.15. The molecule has 0 bridgehead atoms. The van der Waals surface area contributed by atoms with Crippen LogP contribution in [-0.4, -0.2) is 5.97 Å². The molecule has 0 amide bonds. The summed E-state index contributed by atoms with van der Waals surface area (Å²) in [6.07, 6.45) is 0. The highest BCUT2D eigenvalue weighted by atomic mass is 16.5. The van der Waals surface area contributed by atoms with Crippen LogP contribution in [0.2, 0.25) is 0 Å². The lowest BCUT2D eigenvalue weighted by Crippen LogP contribution is -2.07. The fourth-order valence-electron chi connectivity index (χ4n) is 1.93. The van der Waals surface area contributed by atoms with Gasteiger partial charge in [0.2, 0.25) is 0 Å². The van der Waals surface area contributed by atoms with Gasteiger partial charge < -0.3 is 4.74 Å². The first-order chi connectivity index (χ1) is 7.43. The van der Waals surface area contributed by atoms with Crippen molar-refractivity contribution >= 4 is 5.97 Å². The monoisotopic (exact) mass is 220 g/mol. The van der Waals surface area contributed by atoms with E-state index in [0.29, 0.717) is 17.6 Å². The highest BCUT2D eigenvalue weighted by Crippen LogP contribution is 2.33. The van der Waals surface area contributed by atoms with Gasteiger partial charge in [0.25, 0.3) is 0 Å². The third-order valence-corrected chi connectivity index (χ3v) is 2.55. The van der Waals surface area contributed by atoms with Crippen molar-refractivity contribution in [3.8, 4) is 5.75 Å². The Morgan fingerprint density at radius 3 is 2.19 bits per heavy atom. The van der Waals surface area contributed by atoms with Crippen molar-refractivity contribution in [3.63, 3.8) is 0 Å². The van der Waals surface area contributed by atoms with Gasteiger partial charge in [-0.1, -0.05) is 39.8 Å². The maximum absolute atomic E-state index is 11.0. The van der Waals surface area contributed by atoms with Gasteiger partial charge in [-0.25, -0.2) is 0 Å². The smallest absolute Gasteiger partial charge is 0.308 e. The Morgan fingerprint density at radius 2 is 1.75 bits per heavy atom. The molecular weight excluding hydrogens is 200 g/mol. The number of ether oxygens (including phenoxy) is 1. The number of rotatable bonds is 3. The zero-order valence-corrected chi connectivity index (χ0v) is 10.7. The Morgan fingerprint density at radius 1 is 1.12 bits per heavy atom. The van der Waals surface area contributed by atoms with Crippen molar-refractivity contribution in [3.05, 3.63) is 29.3 Å². The summed E-state index contributed by atoms with van der Waals surface area (Å²) in [5, 5.41) is 0. The van der Waals surface area contributed by atoms with E-state index in [1.54, 1.807) is 0 Å². The van der Waals surface area contributed by atoms with E-state index >= 15 is 0 Å². The van der Waals surface area contributed by atoms with Gasteiger partial charge in [-0.15, -0.1) is 0 Å². The van der Waals surface area contributed by atoms with Gasteiger partial charge in [0, 0.05) is 12.5 Å². The quantitative estimate of drug-likeness (QED) is 0.571. The van der Waals surface area contributed by atoms with Gasteiger partial charge in [0.15, 0.2) is 0 Å². The van der Waals surface area contributed by atoms with E-state index in [-0.39, 0.29) is 5.97 Å². The van der Waals surface area contributed by atoms with E-state index in [1.807, 2.05) is 12.1 Å². The van der Waals surface area contributed by atoms with E-state index in [2.05, 4.69) is 33.8 Å². The van der Waals surface area contributed by atoms with E-state index in [9.17, 15) is 4.79 Å². The first kappa shape index (κ1) is 12.8. The highest BCUT2D eigenvalue weighted by Gasteiger charge is 2.16. The summed E-state index contributed by atoms with van der Waals surface area (Å²) in [7, 11) is 0. The summed E-state index contributed by atoms with van der Waals surface area (Å²) in [6, 6.07) is 5.91. The Hall–Kier alpha value is -1.31. The van der Waals surface area contributed by atoms with Crippen LogP contribution in [0.5, 0.6) is 5.75 Å².